The summed E-state index contributed by atoms with van der Waals surface area (Å²) in [6.45, 7) is 12.8. The molecule has 0 aromatic heterocycles. The van der Waals surface area contributed by atoms with E-state index < -0.39 is 22.8 Å². The van der Waals surface area contributed by atoms with Gasteiger partial charge in [0.25, 0.3) is 0 Å². The summed E-state index contributed by atoms with van der Waals surface area (Å²) in [5.41, 5.74) is 2.46. The highest BCUT2D eigenvalue weighted by Gasteiger charge is 2.33. The number of carbonyl (C=O) groups excluding carboxylic acids is 3. The highest BCUT2D eigenvalue weighted by Crippen LogP contribution is 2.44. The van der Waals surface area contributed by atoms with E-state index >= 15 is 0 Å². The molecule has 0 spiro atoms. The van der Waals surface area contributed by atoms with Gasteiger partial charge in [0.05, 0.1) is 0 Å². The number of ether oxygens (including phenoxy) is 3. The van der Waals surface area contributed by atoms with Crippen LogP contribution in [0.5, 0.6) is 0 Å². The van der Waals surface area contributed by atoms with Crippen molar-refractivity contribution in [3.8, 4) is 11.1 Å². The normalized spacial score (nSPS) is 13.3. The third-order valence-electron chi connectivity index (χ3n) is 6.35. The molecule has 1 amide bonds. The molecular weight excluding hydrogens is 482 g/mol. The van der Waals surface area contributed by atoms with Crippen LogP contribution >= 0.6 is 0 Å². The maximum absolute atomic E-state index is 13.0. The Kier molecular flexibility index (Phi) is 8.90. The average Bonchev–Trinajstić information content (AvgIpc) is 3.12. The average molecular weight is 524 g/mol. The fraction of sp³-hybridized carbons (Fsp3) is 0.516. The molecule has 206 valence electrons. The second-order valence-corrected chi connectivity index (χ2v) is 12.2. The predicted octanol–water partition coefficient (Wildman–Crippen LogP) is 6.53. The van der Waals surface area contributed by atoms with Crippen LogP contribution in [0.4, 0.5) is 4.79 Å². The fourth-order valence-corrected chi connectivity index (χ4v) is 4.67. The standard InChI is InChI=1S/C31H41NO6/c1-29(2,3)37-26(33)16-18-31(7,19-17-27(34)38-30(4,5)6)32-28(35)36-20-25-23-14-10-8-12-21(23)22-13-9-11-15-24(22)25/h8-15,25H,16-20H2,1-7H3,(H,32,35). The van der Waals surface area contributed by atoms with Gasteiger partial charge in [-0.05, 0) is 83.6 Å². The first-order valence-electron chi connectivity index (χ1n) is 13.2. The van der Waals surface area contributed by atoms with Crippen LogP contribution in [0.25, 0.3) is 11.1 Å². The number of esters is 2. The number of fused-ring (bicyclic) bond motifs is 3. The third-order valence-corrected chi connectivity index (χ3v) is 6.35. The lowest BCUT2D eigenvalue weighted by Crippen LogP contribution is -2.47. The number of carbonyl (C=O) groups is 3. The Morgan fingerprint density at radius 3 is 1.55 bits per heavy atom. The number of hydrogen-bond acceptors (Lipinski definition) is 6. The molecule has 0 heterocycles. The molecule has 0 saturated carbocycles. The van der Waals surface area contributed by atoms with Gasteiger partial charge < -0.3 is 19.5 Å². The van der Waals surface area contributed by atoms with Crippen molar-refractivity contribution in [3.63, 3.8) is 0 Å². The van der Waals surface area contributed by atoms with Crippen molar-refractivity contribution in [2.45, 2.75) is 96.8 Å². The van der Waals surface area contributed by atoms with Crippen molar-refractivity contribution >= 4 is 18.0 Å². The first-order valence-corrected chi connectivity index (χ1v) is 13.2. The van der Waals surface area contributed by atoms with Crippen LogP contribution in [-0.2, 0) is 23.8 Å². The molecule has 0 saturated heterocycles. The minimum Gasteiger partial charge on any atom is -0.460 e. The summed E-state index contributed by atoms with van der Waals surface area (Å²) in [6.07, 6.45) is 0.157. The highest BCUT2D eigenvalue weighted by atomic mass is 16.6. The smallest absolute Gasteiger partial charge is 0.407 e. The molecule has 7 heteroatoms. The molecule has 0 atom stereocenters. The van der Waals surface area contributed by atoms with Crippen LogP contribution in [0.15, 0.2) is 48.5 Å². The molecule has 0 fully saturated rings. The molecule has 1 aliphatic rings. The van der Waals surface area contributed by atoms with Gasteiger partial charge in [0.1, 0.15) is 17.8 Å². The number of hydrogen-bond donors (Lipinski definition) is 1. The third kappa shape index (κ3) is 8.33. The van der Waals surface area contributed by atoms with Gasteiger partial charge in [-0.2, -0.15) is 0 Å². The number of amides is 1. The van der Waals surface area contributed by atoms with E-state index in [1.54, 1.807) is 0 Å². The van der Waals surface area contributed by atoms with Crippen molar-refractivity contribution in [2.75, 3.05) is 6.61 Å². The van der Waals surface area contributed by atoms with Crippen molar-refractivity contribution in [1.29, 1.82) is 0 Å². The Labute approximate surface area is 226 Å². The first-order chi connectivity index (χ1) is 17.7. The Balaban J connectivity index is 1.67. The Bertz CT molecular complexity index is 1080. The van der Waals surface area contributed by atoms with Gasteiger partial charge >= 0.3 is 18.0 Å². The molecule has 0 aliphatic heterocycles. The fourth-order valence-electron chi connectivity index (χ4n) is 4.67. The molecule has 1 aliphatic carbocycles. The zero-order valence-corrected chi connectivity index (χ0v) is 23.7. The quantitative estimate of drug-likeness (QED) is 0.297. The summed E-state index contributed by atoms with van der Waals surface area (Å²) in [7, 11) is 0. The van der Waals surface area contributed by atoms with Gasteiger partial charge in [-0.1, -0.05) is 48.5 Å². The van der Waals surface area contributed by atoms with Gasteiger partial charge in [0, 0.05) is 24.3 Å². The minimum atomic E-state index is -0.879. The Morgan fingerprint density at radius 1 is 0.711 bits per heavy atom. The van der Waals surface area contributed by atoms with Crippen molar-refractivity contribution < 1.29 is 28.6 Å². The molecule has 3 rings (SSSR count). The molecule has 2 aromatic carbocycles. The molecule has 2 aromatic rings. The van der Waals surface area contributed by atoms with Crippen molar-refractivity contribution in [2.24, 2.45) is 0 Å². The first kappa shape index (κ1) is 29.2. The summed E-state index contributed by atoms with van der Waals surface area (Å²) in [4.78, 5) is 37.8. The van der Waals surface area contributed by atoms with E-state index in [9.17, 15) is 14.4 Å². The summed E-state index contributed by atoms with van der Waals surface area (Å²) >= 11 is 0. The van der Waals surface area contributed by atoms with E-state index in [1.807, 2.05) is 72.7 Å². The van der Waals surface area contributed by atoms with E-state index in [0.29, 0.717) is 0 Å². The minimum absolute atomic E-state index is 0.0667. The van der Waals surface area contributed by atoms with Crippen LogP contribution in [0.1, 0.15) is 91.2 Å². The lowest BCUT2D eigenvalue weighted by Gasteiger charge is -2.31. The molecule has 1 N–H and O–H groups in total. The van der Waals surface area contributed by atoms with Gasteiger partial charge in [0.15, 0.2) is 0 Å². The lowest BCUT2D eigenvalue weighted by molar-refractivity contribution is -0.155. The van der Waals surface area contributed by atoms with Gasteiger partial charge in [-0.3, -0.25) is 9.59 Å². The zero-order valence-electron chi connectivity index (χ0n) is 23.7. The second-order valence-electron chi connectivity index (χ2n) is 12.2. The molecule has 7 nitrogen and oxygen atoms in total. The largest absolute Gasteiger partial charge is 0.460 e. The van der Waals surface area contributed by atoms with E-state index in [0.717, 1.165) is 22.3 Å². The van der Waals surface area contributed by atoms with Crippen LogP contribution in [0.3, 0.4) is 0 Å². The molecule has 38 heavy (non-hydrogen) atoms. The number of rotatable bonds is 9. The van der Waals surface area contributed by atoms with E-state index in [1.165, 1.54) is 0 Å². The summed E-state index contributed by atoms with van der Waals surface area (Å²) < 4.78 is 16.6. The molecular formula is C31H41NO6. The van der Waals surface area contributed by atoms with Crippen LogP contribution in [0, 0.1) is 0 Å². The summed E-state index contributed by atoms with van der Waals surface area (Å²) in [5.74, 6) is -0.798. The van der Waals surface area contributed by atoms with E-state index in [2.05, 4.69) is 29.6 Å². The Morgan fingerprint density at radius 2 is 1.13 bits per heavy atom. The van der Waals surface area contributed by atoms with E-state index in [-0.39, 0.29) is 50.1 Å². The van der Waals surface area contributed by atoms with Crippen molar-refractivity contribution in [1.82, 2.24) is 5.32 Å². The van der Waals surface area contributed by atoms with Gasteiger partial charge in [-0.15, -0.1) is 0 Å². The maximum atomic E-state index is 13.0. The van der Waals surface area contributed by atoms with Crippen LogP contribution < -0.4 is 5.32 Å². The Hall–Kier alpha value is -3.35. The topological polar surface area (TPSA) is 90.9 Å². The van der Waals surface area contributed by atoms with Gasteiger partial charge in [-0.25, -0.2) is 4.79 Å². The second kappa shape index (κ2) is 11.6. The molecule has 0 radical (unpaired) electrons. The van der Waals surface area contributed by atoms with E-state index in [4.69, 9.17) is 14.2 Å². The predicted molar refractivity (Wildman–Crippen MR) is 147 cm³/mol. The zero-order chi connectivity index (χ0) is 28.1. The SMILES string of the molecule is CC(CCC(=O)OC(C)(C)C)(CCC(=O)OC(C)(C)C)NC(=O)OCC1c2ccccc2-c2ccccc21. The monoisotopic (exact) mass is 523 g/mol. The number of benzene rings is 2. The van der Waals surface area contributed by atoms with Crippen LogP contribution in [0.2, 0.25) is 0 Å². The van der Waals surface area contributed by atoms with Gasteiger partial charge in [0.2, 0.25) is 0 Å². The number of alkyl carbamates (subject to hydrolysis) is 1. The summed E-state index contributed by atoms with van der Waals surface area (Å²) in [6, 6.07) is 16.3. The molecule has 0 unspecified atom stereocenters. The summed E-state index contributed by atoms with van der Waals surface area (Å²) in [5, 5.41) is 2.92. The number of nitrogens with one attached hydrogen (secondary N) is 1. The molecule has 0 bridgehead atoms. The van der Waals surface area contributed by atoms with Crippen LogP contribution in [-0.4, -0.2) is 41.4 Å². The lowest BCUT2D eigenvalue weighted by atomic mass is 9.90. The van der Waals surface area contributed by atoms with Crippen molar-refractivity contribution in [3.05, 3.63) is 59.7 Å². The maximum Gasteiger partial charge on any atom is 0.407 e. The highest BCUT2D eigenvalue weighted by molar-refractivity contribution is 5.79.